The number of ether oxygens (including phenoxy) is 1. The van der Waals surface area contributed by atoms with Crippen LogP contribution in [-0.4, -0.2) is 49.5 Å². The van der Waals surface area contributed by atoms with Gasteiger partial charge in [0.05, 0.1) is 12.2 Å². The van der Waals surface area contributed by atoms with Gasteiger partial charge in [-0.15, -0.1) is 0 Å². The van der Waals surface area contributed by atoms with E-state index in [0.29, 0.717) is 25.1 Å². The highest BCUT2D eigenvalue weighted by Gasteiger charge is 2.27. The number of aliphatic carboxylic acids is 1. The number of aromatic nitrogens is 2. The standard InChI is InChI=1S/C30H38N4O5/c1-30(2,3)39-29(38)34(21-24-9-5-6-17-32-24)20-22-12-14-23(15-13-22)27(35)26(28(36)37)11-7-16-31-19-25-10-8-18-33(25)4/h5-6,8-10,12-15,17-18,26,31H,7,11,16,19-21H2,1-4H3,(H,36,37)/t26-/m0/s1. The van der Waals surface area contributed by atoms with Gasteiger partial charge in [0.15, 0.2) is 5.78 Å². The number of Topliss-reactive ketones (excluding diaryl/α,β-unsaturated/α-hetero) is 1. The Morgan fingerprint density at radius 2 is 1.79 bits per heavy atom. The van der Waals surface area contributed by atoms with Crippen molar-refractivity contribution < 1.29 is 24.2 Å². The number of carbonyl (C=O) groups excluding carboxylic acids is 2. The Morgan fingerprint density at radius 3 is 2.38 bits per heavy atom. The topological polar surface area (TPSA) is 114 Å². The number of pyridine rings is 1. The Morgan fingerprint density at radius 1 is 1.05 bits per heavy atom. The predicted octanol–water partition coefficient (Wildman–Crippen LogP) is 4.81. The molecule has 3 aromatic rings. The first kappa shape index (κ1) is 29.6. The van der Waals surface area contributed by atoms with Crippen molar-refractivity contribution in [3.8, 4) is 0 Å². The number of rotatable bonds is 13. The van der Waals surface area contributed by atoms with Gasteiger partial charge < -0.3 is 19.7 Å². The maximum atomic E-state index is 13.0. The highest BCUT2D eigenvalue weighted by molar-refractivity contribution is 6.08. The predicted molar refractivity (Wildman–Crippen MR) is 148 cm³/mol. The first-order valence-electron chi connectivity index (χ1n) is 13.1. The van der Waals surface area contributed by atoms with Gasteiger partial charge in [0.25, 0.3) is 0 Å². The van der Waals surface area contributed by atoms with E-state index < -0.39 is 29.4 Å². The van der Waals surface area contributed by atoms with E-state index >= 15 is 0 Å². The third-order valence-electron chi connectivity index (χ3n) is 6.16. The van der Waals surface area contributed by atoms with Crippen molar-refractivity contribution in [1.29, 1.82) is 0 Å². The molecule has 0 radical (unpaired) electrons. The fraction of sp³-hybridized carbons (Fsp3) is 0.400. The van der Waals surface area contributed by atoms with E-state index in [1.54, 1.807) is 35.4 Å². The van der Waals surface area contributed by atoms with Crippen molar-refractivity contribution in [2.45, 2.75) is 58.8 Å². The Hall–Kier alpha value is -3.98. The van der Waals surface area contributed by atoms with Gasteiger partial charge >= 0.3 is 12.1 Å². The molecule has 3 rings (SSSR count). The Balaban J connectivity index is 1.61. The largest absolute Gasteiger partial charge is 0.481 e. The molecule has 1 aromatic carbocycles. The number of aryl methyl sites for hydroxylation is 1. The lowest BCUT2D eigenvalue weighted by Gasteiger charge is -2.27. The molecule has 1 amide bonds. The lowest BCUT2D eigenvalue weighted by molar-refractivity contribution is -0.140. The van der Waals surface area contributed by atoms with Gasteiger partial charge in [-0.25, -0.2) is 4.79 Å². The summed E-state index contributed by atoms with van der Waals surface area (Å²) in [6.45, 7) is 7.22. The number of nitrogens with zero attached hydrogens (tertiary/aromatic N) is 3. The number of hydrogen-bond acceptors (Lipinski definition) is 6. The number of carboxylic acid groups (broad SMARTS) is 1. The first-order chi connectivity index (χ1) is 18.5. The molecule has 39 heavy (non-hydrogen) atoms. The van der Waals surface area contributed by atoms with E-state index in [1.165, 1.54) is 0 Å². The zero-order valence-electron chi connectivity index (χ0n) is 23.1. The number of ketones is 1. The number of benzene rings is 1. The van der Waals surface area contributed by atoms with Crippen LogP contribution < -0.4 is 5.32 Å². The number of carbonyl (C=O) groups is 3. The minimum Gasteiger partial charge on any atom is -0.481 e. The maximum Gasteiger partial charge on any atom is 0.410 e. The molecule has 0 spiro atoms. The minimum absolute atomic E-state index is 0.243. The van der Waals surface area contributed by atoms with E-state index in [9.17, 15) is 19.5 Å². The van der Waals surface area contributed by atoms with Crippen LogP contribution in [0.25, 0.3) is 0 Å². The highest BCUT2D eigenvalue weighted by Crippen LogP contribution is 2.19. The molecule has 0 fully saturated rings. The SMILES string of the molecule is Cn1cccc1CNCCC[C@H](C(=O)O)C(=O)c1ccc(CN(Cc2ccccn2)C(=O)OC(C)(C)C)cc1. The van der Waals surface area contributed by atoms with Crippen molar-refractivity contribution in [3.63, 3.8) is 0 Å². The molecule has 0 aliphatic heterocycles. The van der Waals surface area contributed by atoms with E-state index in [1.807, 2.05) is 68.9 Å². The third-order valence-corrected chi connectivity index (χ3v) is 6.16. The normalized spacial score (nSPS) is 12.1. The molecular weight excluding hydrogens is 496 g/mol. The van der Waals surface area contributed by atoms with E-state index in [0.717, 1.165) is 17.0 Å². The van der Waals surface area contributed by atoms with Crippen molar-refractivity contribution in [1.82, 2.24) is 19.8 Å². The number of carboxylic acids is 1. The molecule has 0 saturated heterocycles. The van der Waals surface area contributed by atoms with Crippen molar-refractivity contribution in [3.05, 3.63) is 89.5 Å². The van der Waals surface area contributed by atoms with Gasteiger partial charge in [-0.2, -0.15) is 0 Å². The average molecular weight is 535 g/mol. The summed E-state index contributed by atoms with van der Waals surface area (Å²) >= 11 is 0. The van der Waals surface area contributed by atoms with Gasteiger partial charge in [0.1, 0.15) is 11.5 Å². The molecule has 0 bridgehead atoms. The van der Waals surface area contributed by atoms with Crippen LogP contribution in [0.5, 0.6) is 0 Å². The van der Waals surface area contributed by atoms with E-state index in [4.69, 9.17) is 4.74 Å². The third kappa shape index (κ3) is 9.37. The van der Waals surface area contributed by atoms with Crippen LogP contribution in [0.1, 0.15) is 60.9 Å². The molecule has 2 aromatic heterocycles. The van der Waals surface area contributed by atoms with Crippen molar-refractivity contribution in [2.24, 2.45) is 13.0 Å². The summed E-state index contributed by atoms with van der Waals surface area (Å²) in [4.78, 5) is 43.6. The molecule has 2 N–H and O–H groups in total. The number of hydrogen-bond donors (Lipinski definition) is 2. The lowest BCUT2D eigenvalue weighted by atomic mass is 9.93. The minimum atomic E-state index is -1.13. The smallest absolute Gasteiger partial charge is 0.410 e. The zero-order chi connectivity index (χ0) is 28.4. The molecular formula is C30H38N4O5. The summed E-state index contributed by atoms with van der Waals surface area (Å²) in [5, 5.41) is 13.0. The lowest BCUT2D eigenvalue weighted by Crippen LogP contribution is -2.36. The summed E-state index contributed by atoms with van der Waals surface area (Å²) in [7, 11) is 1.97. The zero-order valence-corrected chi connectivity index (χ0v) is 23.1. The summed E-state index contributed by atoms with van der Waals surface area (Å²) in [6.07, 6.45) is 3.97. The summed E-state index contributed by atoms with van der Waals surface area (Å²) in [6, 6.07) is 16.2. The van der Waals surface area contributed by atoms with Gasteiger partial charge in [0.2, 0.25) is 0 Å². The summed E-state index contributed by atoms with van der Waals surface area (Å²) in [5.41, 5.74) is 2.31. The fourth-order valence-corrected chi connectivity index (χ4v) is 4.09. The maximum absolute atomic E-state index is 13.0. The second-order valence-electron chi connectivity index (χ2n) is 10.5. The van der Waals surface area contributed by atoms with Gasteiger partial charge in [-0.05, 0) is 70.0 Å². The van der Waals surface area contributed by atoms with Gasteiger partial charge in [-0.3, -0.25) is 19.5 Å². The molecule has 0 unspecified atom stereocenters. The first-order valence-corrected chi connectivity index (χ1v) is 13.1. The number of amides is 1. The second-order valence-corrected chi connectivity index (χ2v) is 10.5. The van der Waals surface area contributed by atoms with Gasteiger partial charge in [-0.1, -0.05) is 30.3 Å². The highest BCUT2D eigenvalue weighted by atomic mass is 16.6. The van der Waals surface area contributed by atoms with E-state index in [2.05, 4.69) is 10.3 Å². The van der Waals surface area contributed by atoms with Crippen LogP contribution in [0.2, 0.25) is 0 Å². The molecule has 9 nitrogen and oxygen atoms in total. The molecule has 9 heteroatoms. The molecule has 0 aliphatic rings. The quantitative estimate of drug-likeness (QED) is 0.184. The fourth-order valence-electron chi connectivity index (χ4n) is 4.09. The molecule has 208 valence electrons. The van der Waals surface area contributed by atoms with Crippen LogP contribution in [0, 0.1) is 5.92 Å². The van der Waals surface area contributed by atoms with Crippen LogP contribution in [0.15, 0.2) is 67.0 Å². The molecule has 2 heterocycles. The van der Waals surface area contributed by atoms with Gasteiger partial charge in [0, 0.05) is 43.8 Å². The average Bonchev–Trinajstić information content (AvgIpc) is 3.29. The van der Waals surface area contributed by atoms with E-state index in [-0.39, 0.29) is 19.5 Å². The molecule has 1 atom stereocenters. The Bertz CT molecular complexity index is 1230. The van der Waals surface area contributed by atoms with Crippen LogP contribution in [-0.2, 0) is 36.2 Å². The van der Waals surface area contributed by atoms with Crippen molar-refractivity contribution >= 4 is 17.8 Å². The van der Waals surface area contributed by atoms with Crippen LogP contribution in [0.3, 0.4) is 0 Å². The van der Waals surface area contributed by atoms with Crippen LogP contribution in [0.4, 0.5) is 4.79 Å². The van der Waals surface area contributed by atoms with Crippen LogP contribution >= 0.6 is 0 Å². The Labute approximate surface area is 229 Å². The second kappa shape index (κ2) is 13.7. The summed E-state index contributed by atoms with van der Waals surface area (Å²) < 4.78 is 7.60. The molecule has 0 aliphatic carbocycles. The number of nitrogens with one attached hydrogen (secondary N) is 1. The molecule has 0 saturated carbocycles. The monoisotopic (exact) mass is 534 g/mol. The summed E-state index contributed by atoms with van der Waals surface area (Å²) in [5.74, 6) is -2.66. The van der Waals surface area contributed by atoms with Crippen molar-refractivity contribution in [2.75, 3.05) is 6.54 Å². The Kier molecular flexibility index (Phi) is 10.4.